The molecular formula is C16H24N2O4. The van der Waals surface area contributed by atoms with E-state index in [4.69, 9.17) is 4.74 Å². The molecule has 2 amide bonds. The molecule has 6 heteroatoms. The molecule has 0 saturated heterocycles. The Kier molecular flexibility index (Phi) is 5.79. The highest BCUT2D eigenvalue weighted by molar-refractivity contribution is 5.99. The highest BCUT2D eigenvalue weighted by Crippen LogP contribution is 2.30. The largest absolute Gasteiger partial charge is 0.504 e. The summed E-state index contributed by atoms with van der Waals surface area (Å²) < 4.78 is 5.00. The van der Waals surface area contributed by atoms with Crippen molar-refractivity contribution in [2.24, 2.45) is 0 Å². The van der Waals surface area contributed by atoms with Gasteiger partial charge in [-0.15, -0.1) is 0 Å². The average molecular weight is 308 g/mol. The number of carbonyl (C=O) groups is 2. The number of ether oxygens (including phenoxy) is 1. The first-order valence-electron chi connectivity index (χ1n) is 7.15. The van der Waals surface area contributed by atoms with Gasteiger partial charge in [0.1, 0.15) is 0 Å². The number of hydrogen-bond acceptors (Lipinski definition) is 4. The molecule has 1 aromatic rings. The Labute approximate surface area is 131 Å². The van der Waals surface area contributed by atoms with E-state index in [-0.39, 0.29) is 35.1 Å². The van der Waals surface area contributed by atoms with Crippen molar-refractivity contribution in [3.63, 3.8) is 0 Å². The van der Waals surface area contributed by atoms with Gasteiger partial charge in [-0.3, -0.25) is 9.59 Å². The number of aromatic hydroxyl groups is 1. The van der Waals surface area contributed by atoms with E-state index in [1.165, 1.54) is 18.1 Å². The van der Waals surface area contributed by atoms with Crippen molar-refractivity contribution in [2.45, 2.75) is 33.2 Å². The number of carbonyl (C=O) groups excluding carboxylic acids is 2. The lowest BCUT2D eigenvalue weighted by Gasteiger charge is -2.25. The number of rotatable bonds is 5. The lowest BCUT2D eigenvalue weighted by molar-refractivity contribution is -0.123. The monoisotopic (exact) mass is 308 g/mol. The van der Waals surface area contributed by atoms with E-state index in [1.54, 1.807) is 19.1 Å². The lowest BCUT2D eigenvalue weighted by atomic mass is 10.1. The average Bonchev–Trinajstić information content (AvgIpc) is 2.42. The van der Waals surface area contributed by atoms with Crippen molar-refractivity contribution in [1.29, 1.82) is 0 Å². The molecule has 1 rings (SSSR count). The minimum absolute atomic E-state index is 0.0662. The van der Waals surface area contributed by atoms with E-state index < -0.39 is 5.91 Å². The molecule has 0 unspecified atom stereocenters. The smallest absolute Gasteiger partial charge is 0.258 e. The maximum absolute atomic E-state index is 12.5. The molecule has 6 nitrogen and oxygen atoms in total. The summed E-state index contributed by atoms with van der Waals surface area (Å²) >= 11 is 0. The van der Waals surface area contributed by atoms with Gasteiger partial charge in [0.2, 0.25) is 5.91 Å². The number of nitrogens with zero attached hydrogens (tertiary/aromatic N) is 1. The van der Waals surface area contributed by atoms with E-state index in [0.29, 0.717) is 6.54 Å². The number of methoxy groups -OCH3 is 1. The third-order valence-corrected chi connectivity index (χ3v) is 2.97. The number of para-hydroxylation sites is 1. The van der Waals surface area contributed by atoms with E-state index in [1.807, 2.05) is 20.8 Å². The van der Waals surface area contributed by atoms with Gasteiger partial charge in [-0.05, 0) is 39.8 Å². The molecule has 0 aliphatic heterocycles. The first kappa shape index (κ1) is 17.8. The van der Waals surface area contributed by atoms with Crippen molar-refractivity contribution in [3.8, 4) is 11.5 Å². The maximum Gasteiger partial charge on any atom is 0.258 e. The standard InChI is InChI=1S/C16H24N2O4/c1-6-18(10-13(19)17-16(2,3)4)15(21)11-8-7-9-12(22-5)14(11)20/h7-9,20H,6,10H2,1-5H3,(H,17,19). The van der Waals surface area contributed by atoms with Crippen LogP contribution in [0.3, 0.4) is 0 Å². The van der Waals surface area contributed by atoms with Crippen LogP contribution in [-0.4, -0.2) is 47.6 Å². The zero-order chi connectivity index (χ0) is 16.9. The molecule has 0 spiro atoms. The Bertz CT molecular complexity index is 550. The zero-order valence-corrected chi connectivity index (χ0v) is 13.8. The molecule has 122 valence electrons. The molecule has 1 aromatic carbocycles. The van der Waals surface area contributed by atoms with Gasteiger partial charge < -0.3 is 20.1 Å². The first-order valence-corrected chi connectivity index (χ1v) is 7.15. The van der Waals surface area contributed by atoms with Crippen LogP contribution in [0.25, 0.3) is 0 Å². The third-order valence-electron chi connectivity index (χ3n) is 2.97. The lowest BCUT2D eigenvalue weighted by Crippen LogP contribution is -2.47. The maximum atomic E-state index is 12.5. The van der Waals surface area contributed by atoms with Gasteiger partial charge in [-0.25, -0.2) is 0 Å². The van der Waals surface area contributed by atoms with E-state index in [9.17, 15) is 14.7 Å². The summed E-state index contributed by atoms with van der Waals surface area (Å²) in [6.45, 7) is 7.68. The fraction of sp³-hybridized carbons (Fsp3) is 0.500. The van der Waals surface area contributed by atoms with Crippen LogP contribution in [-0.2, 0) is 4.79 Å². The Morgan fingerprint density at radius 2 is 1.95 bits per heavy atom. The molecule has 0 aliphatic rings. The summed E-state index contributed by atoms with van der Waals surface area (Å²) in [6, 6.07) is 4.69. The molecule has 0 radical (unpaired) electrons. The minimum Gasteiger partial charge on any atom is -0.504 e. The van der Waals surface area contributed by atoms with Gasteiger partial charge >= 0.3 is 0 Å². The molecule has 2 N–H and O–H groups in total. The third kappa shape index (κ3) is 4.65. The summed E-state index contributed by atoms with van der Waals surface area (Å²) in [5.74, 6) is -0.654. The first-order chi connectivity index (χ1) is 10.2. The van der Waals surface area contributed by atoms with Crippen LogP contribution in [0.4, 0.5) is 0 Å². The van der Waals surface area contributed by atoms with Gasteiger partial charge in [-0.1, -0.05) is 6.07 Å². The Morgan fingerprint density at radius 3 is 2.45 bits per heavy atom. The second-order valence-electron chi connectivity index (χ2n) is 5.97. The summed E-state index contributed by atoms with van der Waals surface area (Å²) in [5.41, 5.74) is -0.248. The summed E-state index contributed by atoms with van der Waals surface area (Å²) in [6.07, 6.45) is 0. The molecule has 0 aliphatic carbocycles. The van der Waals surface area contributed by atoms with Crippen LogP contribution in [0.15, 0.2) is 18.2 Å². The predicted octanol–water partition coefficient (Wildman–Crippen LogP) is 1.78. The number of hydrogen-bond donors (Lipinski definition) is 2. The van der Waals surface area contributed by atoms with Crippen molar-refractivity contribution >= 4 is 11.8 Å². The molecule has 0 bridgehead atoms. The van der Waals surface area contributed by atoms with Gasteiger partial charge in [0.25, 0.3) is 5.91 Å². The summed E-state index contributed by atoms with van der Waals surface area (Å²) in [4.78, 5) is 25.8. The zero-order valence-electron chi connectivity index (χ0n) is 13.8. The van der Waals surface area contributed by atoms with Crippen molar-refractivity contribution in [1.82, 2.24) is 10.2 Å². The molecule has 22 heavy (non-hydrogen) atoms. The predicted molar refractivity (Wildman–Crippen MR) is 84.1 cm³/mol. The second-order valence-corrected chi connectivity index (χ2v) is 5.97. The molecular weight excluding hydrogens is 284 g/mol. The van der Waals surface area contributed by atoms with Crippen molar-refractivity contribution in [3.05, 3.63) is 23.8 Å². The molecule has 0 atom stereocenters. The highest BCUT2D eigenvalue weighted by atomic mass is 16.5. The fourth-order valence-corrected chi connectivity index (χ4v) is 1.99. The van der Waals surface area contributed by atoms with Crippen molar-refractivity contribution in [2.75, 3.05) is 20.2 Å². The van der Waals surface area contributed by atoms with Gasteiger partial charge in [0, 0.05) is 12.1 Å². The minimum atomic E-state index is -0.414. The Morgan fingerprint density at radius 1 is 1.32 bits per heavy atom. The number of phenols is 1. The number of benzene rings is 1. The second kappa shape index (κ2) is 7.15. The molecule has 0 aromatic heterocycles. The fourth-order valence-electron chi connectivity index (χ4n) is 1.99. The highest BCUT2D eigenvalue weighted by Gasteiger charge is 2.23. The van der Waals surface area contributed by atoms with E-state index in [2.05, 4.69) is 5.32 Å². The number of nitrogens with one attached hydrogen (secondary N) is 1. The van der Waals surface area contributed by atoms with Gasteiger partial charge in [-0.2, -0.15) is 0 Å². The normalized spacial score (nSPS) is 11.0. The Balaban J connectivity index is 2.92. The van der Waals surface area contributed by atoms with Crippen LogP contribution >= 0.6 is 0 Å². The topological polar surface area (TPSA) is 78.9 Å². The van der Waals surface area contributed by atoms with Crippen molar-refractivity contribution < 1.29 is 19.4 Å². The Hall–Kier alpha value is -2.24. The SMILES string of the molecule is CCN(CC(=O)NC(C)(C)C)C(=O)c1cccc(OC)c1O. The molecule has 0 heterocycles. The summed E-state index contributed by atoms with van der Waals surface area (Å²) in [7, 11) is 1.41. The number of likely N-dealkylation sites (N-methyl/N-ethyl adjacent to an activating group) is 1. The number of phenolic OH excluding ortho intramolecular Hbond substituents is 1. The number of amides is 2. The van der Waals surface area contributed by atoms with Crippen LogP contribution < -0.4 is 10.1 Å². The van der Waals surface area contributed by atoms with Gasteiger partial charge in [0.15, 0.2) is 11.5 Å². The molecule has 0 saturated carbocycles. The van der Waals surface area contributed by atoms with E-state index in [0.717, 1.165) is 0 Å². The molecule has 0 fully saturated rings. The quantitative estimate of drug-likeness (QED) is 0.869. The van der Waals surface area contributed by atoms with Crippen LogP contribution in [0.1, 0.15) is 38.1 Å². The van der Waals surface area contributed by atoms with E-state index >= 15 is 0 Å². The van der Waals surface area contributed by atoms with Crippen LogP contribution in [0.5, 0.6) is 11.5 Å². The summed E-state index contributed by atoms with van der Waals surface area (Å²) in [5, 5.41) is 12.9. The van der Waals surface area contributed by atoms with Crippen LogP contribution in [0, 0.1) is 0 Å². The van der Waals surface area contributed by atoms with Crippen LogP contribution in [0.2, 0.25) is 0 Å². The van der Waals surface area contributed by atoms with Gasteiger partial charge in [0.05, 0.1) is 19.2 Å².